The highest BCUT2D eigenvalue weighted by atomic mass is 35.5. The second-order valence-corrected chi connectivity index (χ2v) is 6.63. The van der Waals surface area contributed by atoms with Gasteiger partial charge in [0.2, 0.25) is 0 Å². The van der Waals surface area contributed by atoms with Crippen LogP contribution >= 0.6 is 11.6 Å². The summed E-state index contributed by atoms with van der Waals surface area (Å²) in [6.45, 7) is 5.94. The van der Waals surface area contributed by atoms with Gasteiger partial charge in [0.25, 0.3) is 5.91 Å². The first kappa shape index (κ1) is 19.5. The number of allylic oxidation sites excluding steroid dienone is 2. The van der Waals surface area contributed by atoms with Crippen LogP contribution < -0.4 is 11.1 Å². The normalized spacial score (nSPS) is 11.9. The van der Waals surface area contributed by atoms with Gasteiger partial charge in [-0.2, -0.15) is 0 Å². The molecule has 3 aromatic rings. The van der Waals surface area contributed by atoms with Crippen molar-refractivity contribution in [3.8, 4) is 0 Å². The van der Waals surface area contributed by atoms with E-state index in [2.05, 4.69) is 16.9 Å². The van der Waals surface area contributed by atoms with Crippen molar-refractivity contribution in [2.75, 3.05) is 0 Å². The Morgan fingerprint density at radius 2 is 2.07 bits per heavy atom. The van der Waals surface area contributed by atoms with E-state index in [0.717, 1.165) is 16.5 Å². The van der Waals surface area contributed by atoms with Gasteiger partial charge in [0.05, 0.1) is 5.52 Å². The summed E-state index contributed by atoms with van der Waals surface area (Å²) in [5.74, 6) is 0.683. The van der Waals surface area contributed by atoms with Crippen molar-refractivity contribution < 1.29 is 4.79 Å². The number of carbonyl (C=O) groups is 1. The van der Waals surface area contributed by atoms with E-state index in [0.29, 0.717) is 23.0 Å². The maximum atomic E-state index is 12.8. The fourth-order valence-corrected chi connectivity index (χ4v) is 3.17. The molecule has 0 aliphatic carbocycles. The average Bonchev–Trinajstić information content (AvgIpc) is 3.09. The van der Waals surface area contributed by atoms with E-state index < -0.39 is 0 Å². The molecular formula is C22H21ClN4O. The number of carbonyl (C=O) groups excluding carboxylic acids is 1. The lowest BCUT2D eigenvalue weighted by Crippen LogP contribution is -2.23. The highest BCUT2D eigenvalue weighted by Crippen LogP contribution is 2.21. The van der Waals surface area contributed by atoms with Gasteiger partial charge in [-0.25, -0.2) is 4.99 Å². The topological polar surface area (TPSA) is 72.4 Å². The minimum atomic E-state index is -0.156. The number of benzene rings is 2. The van der Waals surface area contributed by atoms with Crippen LogP contribution in [0.5, 0.6) is 0 Å². The molecule has 0 aliphatic heterocycles. The number of halogens is 1. The molecule has 0 aliphatic rings. The van der Waals surface area contributed by atoms with Crippen molar-refractivity contribution in [2.24, 2.45) is 10.7 Å². The lowest BCUT2D eigenvalue weighted by atomic mass is 10.1. The molecule has 3 N–H and O–H groups in total. The van der Waals surface area contributed by atoms with Gasteiger partial charge in [-0.1, -0.05) is 42.5 Å². The van der Waals surface area contributed by atoms with Gasteiger partial charge in [-0.05, 0) is 48.9 Å². The number of aliphatic imine (C=N–C) groups is 1. The quantitative estimate of drug-likeness (QED) is 0.496. The number of hydrogen-bond acceptors (Lipinski definition) is 3. The Morgan fingerprint density at radius 1 is 1.29 bits per heavy atom. The van der Waals surface area contributed by atoms with Crippen LogP contribution in [0.1, 0.15) is 22.8 Å². The highest BCUT2D eigenvalue weighted by molar-refractivity contribution is 6.30. The molecule has 0 bridgehead atoms. The third kappa shape index (κ3) is 4.32. The second kappa shape index (κ2) is 8.59. The Balaban J connectivity index is 1.92. The second-order valence-electron chi connectivity index (χ2n) is 6.20. The van der Waals surface area contributed by atoms with Crippen molar-refractivity contribution >= 4 is 34.2 Å². The summed E-state index contributed by atoms with van der Waals surface area (Å²) in [4.78, 5) is 17.0. The summed E-state index contributed by atoms with van der Waals surface area (Å²) in [6, 6.07) is 14.9. The maximum absolute atomic E-state index is 12.8. The maximum Gasteiger partial charge on any atom is 0.252 e. The molecule has 0 unspecified atom stereocenters. The fraction of sp³-hybridized carbons (Fsp3) is 0.0909. The Kier molecular flexibility index (Phi) is 5.96. The lowest BCUT2D eigenvalue weighted by molar-refractivity contribution is 0.0952. The number of nitrogens with zero attached hydrogens (tertiary/aromatic N) is 2. The summed E-state index contributed by atoms with van der Waals surface area (Å²) < 4.78 is 1.88. The number of hydrogen-bond donors (Lipinski definition) is 2. The SMILES string of the molecule is C=C(N)/N=C(\C=C/C)n1ccc2c(C(=O)NCc3cccc(Cl)c3)cccc21. The van der Waals surface area contributed by atoms with E-state index in [-0.39, 0.29) is 11.7 Å². The minimum Gasteiger partial charge on any atom is -0.384 e. The summed E-state index contributed by atoms with van der Waals surface area (Å²) in [5, 5.41) is 4.41. The number of aromatic nitrogens is 1. The van der Waals surface area contributed by atoms with Crippen LogP contribution in [-0.4, -0.2) is 16.3 Å². The molecule has 0 radical (unpaired) electrons. The molecule has 1 heterocycles. The predicted molar refractivity (Wildman–Crippen MR) is 116 cm³/mol. The Bertz CT molecular complexity index is 1090. The minimum absolute atomic E-state index is 0.156. The summed E-state index contributed by atoms with van der Waals surface area (Å²) in [7, 11) is 0. The zero-order valence-corrected chi connectivity index (χ0v) is 16.3. The molecule has 6 heteroatoms. The lowest BCUT2D eigenvalue weighted by Gasteiger charge is -2.09. The van der Waals surface area contributed by atoms with Gasteiger partial charge in [-0.3, -0.25) is 4.79 Å². The number of amides is 1. The van der Waals surface area contributed by atoms with Crippen molar-refractivity contribution in [1.82, 2.24) is 9.88 Å². The number of nitrogens with two attached hydrogens (primary N) is 1. The van der Waals surface area contributed by atoms with Crippen LogP contribution in [0, 0.1) is 0 Å². The molecule has 5 nitrogen and oxygen atoms in total. The molecule has 0 saturated carbocycles. The van der Waals surface area contributed by atoms with Crippen LogP contribution in [0.3, 0.4) is 0 Å². The first-order chi connectivity index (χ1) is 13.5. The molecule has 0 atom stereocenters. The van der Waals surface area contributed by atoms with Crippen LogP contribution in [0.25, 0.3) is 10.9 Å². The standard InChI is InChI=1S/C22H21ClN4O/c1-3-6-21(26-15(2)24)27-12-11-18-19(9-5-10-20(18)27)22(28)25-14-16-7-4-8-17(23)13-16/h3-13H,2,14,24H2,1H3,(H,25,28)/b6-3-,26-21+. The molecule has 1 aromatic heterocycles. The molecular weight excluding hydrogens is 372 g/mol. The first-order valence-corrected chi connectivity index (χ1v) is 9.16. The van der Waals surface area contributed by atoms with E-state index in [1.165, 1.54) is 0 Å². The van der Waals surface area contributed by atoms with E-state index >= 15 is 0 Å². The third-order valence-electron chi connectivity index (χ3n) is 4.14. The van der Waals surface area contributed by atoms with Gasteiger partial charge in [-0.15, -0.1) is 0 Å². The smallest absolute Gasteiger partial charge is 0.252 e. The highest BCUT2D eigenvalue weighted by Gasteiger charge is 2.13. The van der Waals surface area contributed by atoms with Crippen molar-refractivity contribution in [1.29, 1.82) is 0 Å². The summed E-state index contributed by atoms with van der Waals surface area (Å²) >= 11 is 6.00. The van der Waals surface area contributed by atoms with Gasteiger partial charge in [0, 0.05) is 28.7 Å². The van der Waals surface area contributed by atoms with Crippen molar-refractivity contribution in [3.05, 3.63) is 95.4 Å². The molecule has 142 valence electrons. The van der Waals surface area contributed by atoms with Gasteiger partial charge >= 0.3 is 0 Å². The van der Waals surface area contributed by atoms with Crippen LogP contribution in [-0.2, 0) is 6.54 Å². The Morgan fingerprint density at radius 3 is 2.79 bits per heavy atom. The van der Waals surface area contributed by atoms with E-state index in [4.69, 9.17) is 17.3 Å². The van der Waals surface area contributed by atoms with E-state index in [1.807, 2.05) is 66.2 Å². The van der Waals surface area contributed by atoms with Crippen molar-refractivity contribution in [3.63, 3.8) is 0 Å². The zero-order chi connectivity index (χ0) is 20.1. The van der Waals surface area contributed by atoms with Crippen LogP contribution in [0.2, 0.25) is 5.02 Å². The predicted octanol–water partition coefficient (Wildman–Crippen LogP) is 4.48. The fourth-order valence-electron chi connectivity index (χ4n) is 2.96. The largest absolute Gasteiger partial charge is 0.384 e. The van der Waals surface area contributed by atoms with Gasteiger partial charge in [0.1, 0.15) is 11.7 Å². The zero-order valence-electron chi connectivity index (χ0n) is 15.5. The van der Waals surface area contributed by atoms with E-state index in [1.54, 1.807) is 12.1 Å². The molecule has 0 spiro atoms. The molecule has 3 rings (SSSR count). The summed E-state index contributed by atoms with van der Waals surface area (Å²) in [5.41, 5.74) is 8.04. The van der Waals surface area contributed by atoms with Crippen LogP contribution in [0.4, 0.5) is 0 Å². The molecule has 0 saturated heterocycles. The Hall–Kier alpha value is -3.31. The number of nitrogens with one attached hydrogen (secondary N) is 1. The molecule has 2 aromatic carbocycles. The Labute approximate surface area is 168 Å². The molecule has 28 heavy (non-hydrogen) atoms. The molecule has 0 fully saturated rings. The van der Waals surface area contributed by atoms with Gasteiger partial charge in [0.15, 0.2) is 0 Å². The monoisotopic (exact) mass is 392 g/mol. The number of fused-ring (bicyclic) bond motifs is 1. The average molecular weight is 393 g/mol. The summed E-state index contributed by atoms with van der Waals surface area (Å²) in [6.07, 6.45) is 5.57. The van der Waals surface area contributed by atoms with E-state index in [9.17, 15) is 4.79 Å². The third-order valence-corrected chi connectivity index (χ3v) is 4.38. The van der Waals surface area contributed by atoms with Crippen molar-refractivity contribution in [2.45, 2.75) is 13.5 Å². The first-order valence-electron chi connectivity index (χ1n) is 8.78. The van der Waals surface area contributed by atoms with Crippen LogP contribution in [0.15, 0.2) is 84.3 Å². The van der Waals surface area contributed by atoms with Gasteiger partial charge < -0.3 is 15.6 Å². The number of rotatable bonds is 5. The molecule has 1 amide bonds.